The van der Waals surface area contributed by atoms with Crippen molar-refractivity contribution in [1.29, 1.82) is 0 Å². The predicted molar refractivity (Wildman–Crippen MR) is 137 cm³/mol. The first kappa shape index (κ1) is 27.6. The van der Waals surface area contributed by atoms with Crippen LogP contribution in [0.4, 0.5) is 10.1 Å². The second-order valence-electron chi connectivity index (χ2n) is 9.47. The number of aromatic nitrogens is 4. The van der Waals surface area contributed by atoms with Crippen LogP contribution < -0.4 is 19.7 Å². The molecular formula is C26H33FN6O4. The summed E-state index contributed by atoms with van der Waals surface area (Å²) in [4.78, 5) is 29.1. The summed E-state index contributed by atoms with van der Waals surface area (Å²) in [5.41, 5.74) is 0.0837. The van der Waals surface area contributed by atoms with Gasteiger partial charge in [0.05, 0.1) is 19.9 Å². The van der Waals surface area contributed by atoms with Crippen LogP contribution in [-0.4, -0.2) is 57.8 Å². The van der Waals surface area contributed by atoms with Crippen molar-refractivity contribution in [1.82, 2.24) is 25.5 Å². The van der Waals surface area contributed by atoms with E-state index >= 15 is 0 Å². The Labute approximate surface area is 215 Å². The van der Waals surface area contributed by atoms with Gasteiger partial charge in [-0.05, 0) is 62.7 Å². The lowest BCUT2D eigenvalue weighted by atomic mass is 10.0. The van der Waals surface area contributed by atoms with Gasteiger partial charge in [-0.1, -0.05) is 25.5 Å². The van der Waals surface area contributed by atoms with E-state index in [1.165, 1.54) is 37.3 Å². The molecule has 198 valence electrons. The van der Waals surface area contributed by atoms with E-state index in [2.05, 4.69) is 20.7 Å². The third-order valence-electron chi connectivity index (χ3n) is 5.43. The van der Waals surface area contributed by atoms with Crippen molar-refractivity contribution in [3.05, 3.63) is 48.3 Å². The number of methoxy groups -OCH3 is 2. The van der Waals surface area contributed by atoms with Gasteiger partial charge in [0.2, 0.25) is 11.7 Å². The molecule has 37 heavy (non-hydrogen) atoms. The molecule has 3 aromatic rings. The summed E-state index contributed by atoms with van der Waals surface area (Å²) in [6, 6.07) is 10.1. The van der Waals surface area contributed by atoms with E-state index < -0.39 is 23.3 Å². The van der Waals surface area contributed by atoms with Crippen molar-refractivity contribution < 1.29 is 23.5 Å². The molecule has 0 aliphatic carbocycles. The highest BCUT2D eigenvalue weighted by molar-refractivity contribution is 6.00. The number of tetrazole rings is 1. The maximum absolute atomic E-state index is 14.9. The molecule has 2 aromatic carbocycles. The largest absolute Gasteiger partial charge is 0.493 e. The highest BCUT2D eigenvalue weighted by Gasteiger charge is 2.34. The number of nitrogens with one attached hydrogen (secondary N) is 1. The van der Waals surface area contributed by atoms with Crippen molar-refractivity contribution in [2.75, 3.05) is 19.1 Å². The summed E-state index contributed by atoms with van der Waals surface area (Å²) >= 11 is 0. The molecule has 1 unspecified atom stereocenters. The van der Waals surface area contributed by atoms with E-state index in [1.54, 1.807) is 24.3 Å². The SMILES string of the molecule is CCCC(C(=O)NC(C)(C)C)N(C(=O)Cn1nnc(-c2ccc(OC)c(OC)c2)n1)c1ccccc1F. The second-order valence-corrected chi connectivity index (χ2v) is 9.47. The van der Waals surface area contributed by atoms with Crippen LogP contribution >= 0.6 is 0 Å². The summed E-state index contributed by atoms with van der Waals surface area (Å²) in [5, 5.41) is 15.3. The average molecular weight is 513 g/mol. The molecule has 2 amide bonds. The molecule has 0 spiro atoms. The standard InChI is InChI=1S/C26H33FN6O4/c1-7-10-20(25(35)28-26(2,3)4)33(19-12-9-8-11-18(19)27)23(34)16-32-30-24(29-31-32)17-13-14-21(36-5)22(15-17)37-6/h8-9,11-15,20H,7,10,16H2,1-6H3,(H,28,35). The Morgan fingerprint density at radius 1 is 1.11 bits per heavy atom. The summed E-state index contributed by atoms with van der Waals surface area (Å²) in [6.07, 6.45) is 0.940. The first-order valence-electron chi connectivity index (χ1n) is 12.0. The number of halogens is 1. The molecule has 0 saturated heterocycles. The zero-order chi connectivity index (χ0) is 27.2. The normalized spacial score (nSPS) is 12.1. The molecule has 0 saturated carbocycles. The number of rotatable bonds is 10. The summed E-state index contributed by atoms with van der Waals surface area (Å²) in [6.45, 7) is 7.09. The van der Waals surface area contributed by atoms with Crippen LogP contribution in [0.1, 0.15) is 40.5 Å². The molecule has 0 aliphatic heterocycles. The number of carbonyl (C=O) groups excluding carboxylic acids is 2. The number of benzene rings is 2. The van der Waals surface area contributed by atoms with Gasteiger partial charge in [0.25, 0.3) is 5.91 Å². The first-order chi connectivity index (χ1) is 17.6. The van der Waals surface area contributed by atoms with E-state index in [0.717, 1.165) is 4.80 Å². The van der Waals surface area contributed by atoms with Gasteiger partial charge in [0.15, 0.2) is 11.5 Å². The van der Waals surface area contributed by atoms with E-state index in [9.17, 15) is 14.0 Å². The quantitative estimate of drug-likeness (QED) is 0.442. The summed E-state index contributed by atoms with van der Waals surface area (Å²) in [7, 11) is 3.05. The molecule has 3 rings (SSSR count). The fourth-order valence-corrected chi connectivity index (χ4v) is 3.83. The highest BCUT2D eigenvalue weighted by Crippen LogP contribution is 2.31. The minimum absolute atomic E-state index is 0.00948. The Hall–Kier alpha value is -4.02. The fraction of sp³-hybridized carbons (Fsp3) is 0.423. The van der Waals surface area contributed by atoms with E-state index in [1.807, 2.05) is 27.7 Å². The predicted octanol–water partition coefficient (Wildman–Crippen LogP) is 3.61. The maximum Gasteiger partial charge on any atom is 0.251 e. The van der Waals surface area contributed by atoms with Crippen LogP contribution in [0.2, 0.25) is 0 Å². The Morgan fingerprint density at radius 3 is 2.43 bits per heavy atom. The molecule has 0 radical (unpaired) electrons. The van der Waals surface area contributed by atoms with E-state index in [4.69, 9.17) is 9.47 Å². The molecule has 1 atom stereocenters. The molecule has 0 aliphatic rings. The Balaban J connectivity index is 1.93. The number of hydrogen-bond donors (Lipinski definition) is 1. The lowest BCUT2D eigenvalue weighted by molar-refractivity contribution is -0.128. The Bertz CT molecular complexity index is 1240. The highest BCUT2D eigenvalue weighted by atomic mass is 19.1. The Kier molecular flexibility index (Phi) is 8.80. The summed E-state index contributed by atoms with van der Waals surface area (Å²) in [5.74, 6) is -0.234. The van der Waals surface area contributed by atoms with E-state index in [0.29, 0.717) is 29.9 Å². The number of nitrogens with zero attached hydrogens (tertiary/aromatic N) is 5. The van der Waals surface area contributed by atoms with Gasteiger partial charge in [-0.15, -0.1) is 10.2 Å². The molecule has 1 N–H and O–H groups in total. The minimum Gasteiger partial charge on any atom is -0.493 e. The lowest BCUT2D eigenvalue weighted by Crippen LogP contribution is -2.55. The van der Waals surface area contributed by atoms with Crippen molar-refractivity contribution >= 4 is 17.5 Å². The Morgan fingerprint density at radius 2 is 1.81 bits per heavy atom. The first-order valence-corrected chi connectivity index (χ1v) is 12.0. The number of para-hydroxylation sites is 1. The van der Waals surface area contributed by atoms with Gasteiger partial charge in [-0.3, -0.25) is 14.5 Å². The third-order valence-corrected chi connectivity index (χ3v) is 5.43. The number of ether oxygens (including phenoxy) is 2. The van der Waals surface area contributed by atoms with Crippen LogP contribution in [0.15, 0.2) is 42.5 Å². The number of hydrogen-bond acceptors (Lipinski definition) is 7. The van der Waals surface area contributed by atoms with Gasteiger partial charge >= 0.3 is 0 Å². The van der Waals surface area contributed by atoms with Crippen LogP contribution in [0.25, 0.3) is 11.4 Å². The molecule has 1 heterocycles. The van der Waals surface area contributed by atoms with Crippen molar-refractivity contribution in [3.8, 4) is 22.9 Å². The monoisotopic (exact) mass is 512 g/mol. The van der Waals surface area contributed by atoms with Gasteiger partial charge in [-0.25, -0.2) is 4.39 Å². The molecule has 0 bridgehead atoms. The van der Waals surface area contributed by atoms with Crippen molar-refractivity contribution in [3.63, 3.8) is 0 Å². The molecule has 0 fully saturated rings. The van der Waals surface area contributed by atoms with E-state index in [-0.39, 0.29) is 24.0 Å². The van der Waals surface area contributed by atoms with Gasteiger partial charge in [0.1, 0.15) is 18.4 Å². The number of carbonyl (C=O) groups is 2. The van der Waals surface area contributed by atoms with Crippen LogP contribution in [0, 0.1) is 5.82 Å². The third kappa shape index (κ3) is 6.81. The van der Waals surface area contributed by atoms with Gasteiger partial charge in [0, 0.05) is 11.1 Å². The zero-order valence-electron chi connectivity index (χ0n) is 22.0. The number of amides is 2. The van der Waals surface area contributed by atoms with Crippen molar-refractivity contribution in [2.45, 2.75) is 58.7 Å². The molecular weight excluding hydrogens is 479 g/mol. The number of anilines is 1. The minimum atomic E-state index is -0.928. The van der Waals surface area contributed by atoms with Gasteiger partial charge < -0.3 is 14.8 Å². The average Bonchev–Trinajstić information content (AvgIpc) is 3.31. The second kappa shape index (κ2) is 11.8. The molecule has 11 heteroatoms. The van der Waals surface area contributed by atoms with Crippen LogP contribution in [-0.2, 0) is 16.1 Å². The smallest absolute Gasteiger partial charge is 0.251 e. The zero-order valence-corrected chi connectivity index (χ0v) is 22.0. The van der Waals surface area contributed by atoms with Crippen molar-refractivity contribution in [2.24, 2.45) is 0 Å². The summed E-state index contributed by atoms with van der Waals surface area (Å²) < 4.78 is 25.5. The lowest BCUT2D eigenvalue weighted by Gasteiger charge is -2.33. The molecule has 1 aromatic heterocycles. The molecule has 10 nitrogen and oxygen atoms in total. The fourth-order valence-electron chi connectivity index (χ4n) is 3.83. The maximum atomic E-state index is 14.9. The van der Waals surface area contributed by atoms with Crippen LogP contribution in [0.3, 0.4) is 0 Å². The van der Waals surface area contributed by atoms with Gasteiger partial charge in [-0.2, -0.15) is 4.80 Å². The topological polar surface area (TPSA) is 111 Å². The van der Waals surface area contributed by atoms with Crippen LogP contribution in [0.5, 0.6) is 11.5 Å².